The van der Waals surface area contributed by atoms with Crippen LogP contribution >= 0.6 is 0 Å². The molecular formula is C13H16F3N3O. The van der Waals surface area contributed by atoms with E-state index < -0.39 is 17.6 Å². The van der Waals surface area contributed by atoms with Crippen LogP contribution in [0, 0.1) is 5.41 Å². The molecule has 0 spiro atoms. The molecule has 1 fully saturated rings. The molecule has 1 aromatic carbocycles. The van der Waals surface area contributed by atoms with Crippen LogP contribution < -0.4 is 10.6 Å². The van der Waals surface area contributed by atoms with Crippen molar-refractivity contribution in [1.82, 2.24) is 0 Å². The van der Waals surface area contributed by atoms with Crippen molar-refractivity contribution in [2.75, 3.05) is 31.2 Å². The minimum atomic E-state index is -4.51. The van der Waals surface area contributed by atoms with E-state index in [0.29, 0.717) is 32.0 Å². The fourth-order valence-electron chi connectivity index (χ4n) is 2.20. The number of halogens is 3. The van der Waals surface area contributed by atoms with E-state index in [9.17, 15) is 13.2 Å². The summed E-state index contributed by atoms with van der Waals surface area (Å²) in [5, 5.41) is 7.34. The Morgan fingerprint density at radius 1 is 1.25 bits per heavy atom. The van der Waals surface area contributed by atoms with Crippen molar-refractivity contribution >= 4 is 11.5 Å². The van der Waals surface area contributed by atoms with E-state index in [1.54, 1.807) is 0 Å². The molecule has 1 aliphatic heterocycles. The van der Waals surface area contributed by atoms with Crippen molar-refractivity contribution in [3.63, 3.8) is 0 Å². The first kappa shape index (κ1) is 14.6. The number of nitrogen functional groups attached to an aromatic ring is 1. The SMILES string of the molecule is N=C(N)c1cc(N2CCCOCC2)ccc1C(F)(F)F. The zero-order valence-corrected chi connectivity index (χ0v) is 10.8. The number of nitrogens with two attached hydrogens (primary N) is 1. The Hall–Kier alpha value is -1.76. The summed E-state index contributed by atoms with van der Waals surface area (Å²) in [6.07, 6.45) is -3.70. The smallest absolute Gasteiger partial charge is 0.384 e. The molecule has 1 heterocycles. The Bertz CT molecular complexity index is 494. The van der Waals surface area contributed by atoms with Crippen LogP contribution in [0.3, 0.4) is 0 Å². The molecule has 1 saturated heterocycles. The molecular weight excluding hydrogens is 271 g/mol. The second-order valence-corrected chi connectivity index (χ2v) is 4.59. The van der Waals surface area contributed by atoms with Gasteiger partial charge in [-0.2, -0.15) is 13.2 Å². The molecule has 0 aliphatic carbocycles. The van der Waals surface area contributed by atoms with Gasteiger partial charge in [-0.1, -0.05) is 0 Å². The lowest BCUT2D eigenvalue weighted by Gasteiger charge is -2.23. The zero-order chi connectivity index (χ0) is 14.8. The first-order valence-electron chi connectivity index (χ1n) is 6.28. The van der Waals surface area contributed by atoms with Crippen LogP contribution in [0.25, 0.3) is 0 Å². The quantitative estimate of drug-likeness (QED) is 0.647. The lowest BCUT2D eigenvalue weighted by atomic mass is 10.0. The van der Waals surface area contributed by atoms with Crippen LogP contribution in [0.2, 0.25) is 0 Å². The molecule has 0 bridgehead atoms. The summed E-state index contributed by atoms with van der Waals surface area (Å²) in [5.74, 6) is -0.578. The van der Waals surface area contributed by atoms with E-state index in [-0.39, 0.29) is 5.56 Å². The summed E-state index contributed by atoms with van der Waals surface area (Å²) in [5.41, 5.74) is 4.76. The van der Waals surface area contributed by atoms with Gasteiger partial charge in [-0.05, 0) is 24.6 Å². The van der Waals surface area contributed by atoms with Crippen molar-refractivity contribution < 1.29 is 17.9 Å². The lowest BCUT2D eigenvalue weighted by molar-refractivity contribution is -0.137. The van der Waals surface area contributed by atoms with Gasteiger partial charge in [0.15, 0.2) is 0 Å². The molecule has 110 valence electrons. The number of benzene rings is 1. The molecule has 0 atom stereocenters. The molecule has 0 saturated carbocycles. The predicted octanol–water partition coefficient (Wildman–Crippen LogP) is 2.22. The molecule has 20 heavy (non-hydrogen) atoms. The molecule has 0 unspecified atom stereocenters. The van der Waals surface area contributed by atoms with Gasteiger partial charge >= 0.3 is 6.18 Å². The number of nitrogens with zero attached hydrogens (tertiary/aromatic N) is 1. The molecule has 0 aromatic heterocycles. The van der Waals surface area contributed by atoms with Crippen LogP contribution in [0.5, 0.6) is 0 Å². The Balaban J connectivity index is 2.36. The Labute approximate surface area is 114 Å². The van der Waals surface area contributed by atoms with Gasteiger partial charge in [0.05, 0.1) is 12.2 Å². The largest absolute Gasteiger partial charge is 0.417 e. The van der Waals surface area contributed by atoms with Gasteiger partial charge in [0.25, 0.3) is 0 Å². The minimum absolute atomic E-state index is 0.278. The average molecular weight is 287 g/mol. The van der Waals surface area contributed by atoms with Crippen LogP contribution in [0.1, 0.15) is 17.5 Å². The van der Waals surface area contributed by atoms with Crippen LogP contribution in [0.15, 0.2) is 18.2 Å². The lowest BCUT2D eigenvalue weighted by Crippen LogP contribution is -2.27. The molecule has 2 rings (SSSR count). The van der Waals surface area contributed by atoms with Crippen LogP contribution in [-0.2, 0) is 10.9 Å². The van der Waals surface area contributed by atoms with E-state index in [1.165, 1.54) is 12.1 Å². The second kappa shape index (κ2) is 5.70. The summed E-state index contributed by atoms with van der Waals surface area (Å²) in [4.78, 5) is 1.94. The standard InChI is InChI=1S/C13H16F3N3O/c14-13(15,16)11-3-2-9(8-10(11)12(17)18)19-4-1-6-20-7-5-19/h2-3,8H,1,4-7H2,(H3,17,18). The van der Waals surface area contributed by atoms with Crippen LogP contribution in [-0.4, -0.2) is 32.1 Å². The Morgan fingerprint density at radius 2 is 2.00 bits per heavy atom. The van der Waals surface area contributed by atoms with Crippen molar-refractivity contribution in [2.45, 2.75) is 12.6 Å². The van der Waals surface area contributed by atoms with Gasteiger partial charge in [-0.25, -0.2) is 0 Å². The van der Waals surface area contributed by atoms with Crippen LogP contribution in [0.4, 0.5) is 18.9 Å². The minimum Gasteiger partial charge on any atom is -0.384 e. The summed E-state index contributed by atoms with van der Waals surface area (Å²) in [7, 11) is 0. The van der Waals surface area contributed by atoms with Gasteiger partial charge in [0, 0.05) is 30.9 Å². The van der Waals surface area contributed by atoms with E-state index in [1.807, 2.05) is 4.90 Å². The van der Waals surface area contributed by atoms with Crippen molar-refractivity contribution in [3.8, 4) is 0 Å². The molecule has 4 nitrogen and oxygen atoms in total. The van der Waals surface area contributed by atoms with Gasteiger partial charge in [-0.15, -0.1) is 0 Å². The molecule has 1 aliphatic rings. The van der Waals surface area contributed by atoms with Gasteiger partial charge in [0.1, 0.15) is 5.84 Å². The summed E-state index contributed by atoms with van der Waals surface area (Å²) >= 11 is 0. The first-order chi connectivity index (χ1) is 9.39. The highest BCUT2D eigenvalue weighted by molar-refractivity contribution is 5.97. The fraction of sp³-hybridized carbons (Fsp3) is 0.462. The number of rotatable bonds is 2. The third-order valence-electron chi connectivity index (χ3n) is 3.19. The molecule has 3 N–H and O–H groups in total. The highest BCUT2D eigenvalue weighted by atomic mass is 19.4. The Morgan fingerprint density at radius 3 is 2.65 bits per heavy atom. The maximum absolute atomic E-state index is 12.9. The zero-order valence-electron chi connectivity index (χ0n) is 10.8. The van der Waals surface area contributed by atoms with E-state index in [0.717, 1.165) is 12.5 Å². The summed E-state index contributed by atoms with van der Waals surface area (Å²) in [6, 6.07) is 3.73. The predicted molar refractivity (Wildman–Crippen MR) is 70.1 cm³/mol. The third-order valence-corrected chi connectivity index (χ3v) is 3.19. The van der Waals surface area contributed by atoms with Crippen molar-refractivity contribution in [3.05, 3.63) is 29.3 Å². The number of alkyl halides is 3. The maximum Gasteiger partial charge on any atom is 0.417 e. The molecule has 0 radical (unpaired) electrons. The van der Waals surface area contributed by atoms with Crippen molar-refractivity contribution in [1.29, 1.82) is 5.41 Å². The first-order valence-corrected chi connectivity index (χ1v) is 6.28. The van der Waals surface area contributed by atoms with Crippen molar-refractivity contribution in [2.24, 2.45) is 5.73 Å². The van der Waals surface area contributed by atoms with Gasteiger partial charge < -0.3 is 15.4 Å². The highest BCUT2D eigenvalue weighted by Gasteiger charge is 2.34. The number of nitrogens with one attached hydrogen (secondary N) is 1. The van der Waals surface area contributed by atoms with E-state index >= 15 is 0 Å². The molecule has 1 aromatic rings. The number of hydrogen-bond donors (Lipinski definition) is 2. The van der Waals surface area contributed by atoms with E-state index in [2.05, 4.69) is 0 Å². The summed E-state index contributed by atoms with van der Waals surface area (Å²) in [6.45, 7) is 2.51. The van der Waals surface area contributed by atoms with Gasteiger partial charge in [-0.3, -0.25) is 5.41 Å². The number of amidine groups is 1. The number of anilines is 1. The molecule has 0 amide bonds. The summed E-state index contributed by atoms with van der Waals surface area (Å²) < 4.78 is 43.9. The number of hydrogen-bond acceptors (Lipinski definition) is 3. The fourth-order valence-corrected chi connectivity index (χ4v) is 2.20. The average Bonchev–Trinajstić information content (AvgIpc) is 2.65. The highest BCUT2D eigenvalue weighted by Crippen LogP contribution is 2.34. The molecule has 7 heteroatoms. The third kappa shape index (κ3) is 3.22. The van der Waals surface area contributed by atoms with Gasteiger partial charge in [0.2, 0.25) is 0 Å². The Kier molecular flexibility index (Phi) is 4.17. The van der Waals surface area contributed by atoms with E-state index in [4.69, 9.17) is 15.9 Å². The second-order valence-electron chi connectivity index (χ2n) is 4.59. The topological polar surface area (TPSA) is 62.3 Å². The maximum atomic E-state index is 12.9. The normalized spacial score (nSPS) is 16.9. The number of ether oxygens (including phenoxy) is 1. The monoisotopic (exact) mass is 287 g/mol.